The predicted molar refractivity (Wildman–Crippen MR) is 53.0 cm³/mol. The molecule has 0 bridgehead atoms. The molecule has 0 aromatic rings. The molecule has 0 aromatic carbocycles. The number of ether oxygens (including phenoxy) is 1. The molecule has 0 spiro atoms. The topological polar surface area (TPSA) is 72.5 Å². The van der Waals surface area contributed by atoms with Crippen LogP contribution < -0.4 is 5.73 Å². The molecular weight excluding hydrogens is 182 g/mol. The third-order valence-corrected chi connectivity index (χ3v) is 2.92. The van der Waals surface area contributed by atoms with Gasteiger partial charge in [0.15, 0.2) is 0 Å². The average Bonchev–Trinajstić information content (AvgIpc) is 2.15. The number of hydrogen-bond acceptors (Lipinski definition) is 3. The minimum absolute atomic E-state index is 0.232. The Morgan fingerprint density at radius 1 is 1.71 bits per heavy atom. The van der Waals surface area contributed by atoms with E-state index in [4.69, 9.17) is 15.6 Å². The highest BCUT2D eigenvalue weighted by molar-refractivity contribution is 5.68. The third-order valence-electron chi connectivity index (χ3n) is 2.92. The number of carboxylic acids is 1. The van der Waals surface area contributed by atoms with Gasteiger partial charge >= 0.3 is 5.97 Å². The Morgan fingerprint density at radius 3 is 2.93 bits per heavy atom. The molecule has 14 heavy (non-hydrogen) atoms. The molecule has 2 atom stereocenters. The molecule has 1 rings (SSSR count). The Hall–Kier alpha value is -0.610. The van der Waals surface area contributed by atoms with Crippen molar-refractivity contribution in [1.29, 1.82) is 0 Å². The van der Waals surface area contributed by atoms with E-state index in [1.165, 1.54) is 6.42 Å². The van der Waals surface area contributed by atoms with E-state index >= 15 is 0 Å². The molecule has 0 aromatic heterocycles. The molecule has 4 heteroatoms. The molecule has 1 fully saturated rings. The van der Waals surface area contributed by atoms with Crippen LogP contribution in [0.3, 0.4) is 0 Å². The van der Waals surface area contributed by atoms with Crippen LogP contribution >= 0.6 is 0 Å². The van der Waals surface area contributed by atoms with Crippen LogP contribution in [-0.4, -0.2) is 29.8 Å². The fraction of sp³-hybridized carbons (Fsp3) is 0.900. The highest BCUT2D eigenvalue weighted by atomic mass is 16.5. The lowest BCUT2D eigenvalue weighted by Gasteiger charge is -2.38. The third kappa shape index (κ3) is 2.96. The fourth-order valence-corrected chi connectivity index (χ4v) is 2.20. The van der Waals surface area contributed by atoms with Crippen LogP contribution in [0.1, 0.15) is 32.6 Å². The molecule has 1 saturated carbocycles. The summed E-state index contributed by atoms with van der Waals surface area (Å²) >= 11 is 0. The van der Waals surface area contributed by atoms with E-state index in [9.17, 15) is 4.79 Å². The Kier molecular flexibility index (Phi) is 3.89. The van der Waals surface area contributed by atoms with Gasteiger partial charge in [-0.1, -0.05) is 19.8 Å². The highest BCUT2D eigenvalue weighted by Gasteiger charge is 2.35. The summed E-state index contributed by atoms with van der Waals surface area (Å²) in [5.41, 5.74) is 5.29. The molecule has 2 unspecified atom stereocenters. The Morgan fingerprint density at radius 2 is 2.43 bits per heavy atom. The van der Waals surface area contributed by atoms with Gasteiger partial charge in [-0.2, -0.15) is 0 Å². The van der Waals surface area contributed by atoms with E-state index in [0.29, 0.717) is 12.5 Å². The van der Waals surface area contributed by atoms with Crippen molar-refractivity contribution in [3.63, 3.8) is 0 Å². The van der Waals surface area contributed by atoms with E-state index in [2.05, 4.69) is 6.92 Å². The van der Waals surface area contributed by atoms with E-state index in [-0.39, 0.29) is 12.2 Å². The van der Waals surface area contributed by atoms with Crippen molar-refractivity contribution in [2.24, 2.45) is 11.7 Å². The van der Waals surface area contributed by atoms with Crippen molar-refractivity contribution in [3.8, 4) is 0 Å². The van der Waals surface area contributed by atoms with Crippen LogP contribution in [0.15, 0.2) is 0 Å². The number of carboxylic acid groups (broad SMARTS) is 1. The maximum absolute atomic E-state index is 10.4. The average molecular weight is 201 g/mol. The van der Waals surface area contributed by atoms with Gasteiger partial charge < -0.3 is 15.6 Å². The van der Waals surface area contributed by atoms with Gasteiger partial charge in [-0.15, -0.1) is 0 Å². The normalized spacial score (nSPS) is 32.9. The first kappa shape index (κ1) is 11.5. The van der Waals surface area contributed by atoms with Gasteiger partial charge in [0.1, 0.15) is 6.61 Å². The zero-order valence-electron chi connectivity index (χ0n) is 8.66. The quantitative estimate of drug-likeness (QED) is 0.711. The molecule has 0 heterocycles. The van der Waals surface area contributed by atoms with Crippen molar-refractivity contribution in [1.82, 2.24) is 0 Å². The second-order valence-electron chi connectivity index (χ2n) is 4.27. The molecule has 0 amide bonds. The van der Waals surface area contributed by atoms with Crippen molar-refractivity contribution < 1.29 is 14.6 Å². The molecule has 3 N–H and O–H groups in total. The fourth-order valence-electron chi connectivity index (χ4n) is 2.20. The molecule has 1 aliphatic rings. The summed E-state index contributed by atoms with van der Waals surface area (Å²) in [5, 5.41) is 8.55. The maximum atomic E-state index is 10.4. The van der Waals surface area contributed by atoms with Crippen molar-refractivity contribution in [2.45, 2.75) is 38.2 Å². The zero-order valence-corrected chi connectivity index (χ0v) is 8.66. The molecular formula is C10H19NO3. The largest absolute Gasteiger partial charge is 0.480 e. The van der Waals surface area contributed by atoms with Crippen molar-refractivity contribution >= 4 is 5.97 Å². The zero-order chi connectivity index (χ0) is 10.6. The molecule has 0 radical (unpaired) electrons. The van der Waals surface area contributed by atoms with E-state index in [1.807, 2.05) is 0 Å². The van der Waals surface area contributed by atoms with Gasteiger partial charge in [0.2, 0.25) is 0 Å². The smallest absolute Gasteiger partial charge is 0.329 e. The summed E-state index contributed by atoms with van der Waals surface area (Å²) in [6.07, 6.45) is 4.05. The first-order chi connectivity index (χ1) is 6.58. The molecule has 0 aliphatic heterocycles. The van der Waals surface area contributed by atoms with Crippen LogP contribution in [0, 0.1) is 5.92 Å². The van der Waals surface area contributed by atoms with Crippen LogP contribution in [0.5, 0.6) is 0 Å². The minimum Gasteiger partial charge on any atom is -0.480 e. The Labute approximate surface area is 84.4 Å². The van der Waals surface area contributed by atoms with Gasteiger partial charge in [-0.3, -0.25) is 0 Å². The lowest BCUT2D eigenvalue weighted by molar-refractivity contribution is -0.152. The first-order valence-corrected chi connectivity index (χ1v) is 5.14. The molecule has 82 valence electrons. The number of hydrogen-bond donors (Lipinski definition) is 2. The maximum Gasteiger partial charge on any atom is 0.329 e. The van der Waals surface area contributed by atoms with E-state index in [1.54, 1.807) is 0 Å². The first-order valence-electron chi connectivity index (χ1n) is 5.14. The minimum atomic E-state index is -0.920. The summed E-state index contributed by atoms with van der Waals surface area (Å²) in [6, 6.07) is 0. The van der Waals surface area contributed by atoms with Crippen LogP contribution in [0.4, 0.5) is 0 Å². The summed E-state index contributed by atoms with van der Waals surface area (Å²) in [4.78, 5) is 10.4. The summed E-state index contributed by atoms with van der Waals surface area (Å²) in [5.74, 6) is -0.336. The molecule has 4 nitrogen and oxygen atoms in total. The lowest BCUT2D eigenvalue weighted by Crippen LogP contribution is -2.45. The van der Waals surface area contributed by atoms with Crippen LogP contribution in [0.2, 0.25) is 0 Å². The van der Waals surface area contributed by atoms with E-state index in [0.717, 1.165) is 19.3 Å². The van der Waals surface area contributed by atoms with E-state index < -0.39 is 5.97 Å². The van der Waals surface area contributed by atoms with Gasteiger partial charge in [-0.05, 0) is 18.8 Å². The number of rotatable bonds is 4. The SMILES string of the molecule is CC1CCCC(CN)(OCC(=O)O)C1. The molecule has 0 saturated heterocycles. The summed E-state index contributed by atoms with van der Waals surface area (Å²) < 4.78 is 5.43. The Bertz CT molecular complexity index is 208. The Balaban J connectivity index is 2.51. The predicted octanol–water partition coefficient (Wildman–Crippen LogP) is 0.995. The highest BCUT2D eigenvalue weighted by Crippen LogP contribution is 2.34. The summed E-state index contributed by atoms with van der Waals surface area (Å²) in [7, 11) is 0. The number of carbonyl (C=O) groups is 1. The second kappa shape index (κ2) is 4.75. The number of nitrogens with two attached hydrogens (primary N) is 1. The van der Waals surface area contributed by atoms with Gasteiger partial charge in [0.25, 0.3) is 0 Å². The van der Waals surface area contributed by atoms with Crippen LogP contribution in [-0.2, 0) is 9.53 Å². The summed E-state index contributed by atoms with van der Waals surface area (Å²) in [6.45, 7) is 2.35. The van der Waals surface area contributed by atoms with Gasteiger partial charge in [0.05, 0.1) is 5.60 Å². The monoisotopic (exact) mass is 201 g/mol. The standard InChI is InChI=1S/C10H19NO3/c1-8-3-2-4-10(5-8,7-11)14-6-9(12)13/h8H,2-7,11H2,1H3,(H,12,13). The van der Waals surface area contributed by atoms with Crippen molar-refractivity contribution in [3.05, 3.63) is 0 Å². The van der Waals surface area contributed by atoms with Gasteiger partial charge in [0, 0.05) is 6.54 Å². The van der Waals surface area contributed by atoms with Crippen LogP contribution in [0.25, 0.3) is 0 Å². The van der Waals surface area contributed by atoms with Crippen molar-refractivity contribution in [2.75, 3.05) is 13.2 Å². The number of aliphatic carboxylic acids is 1. The molecule has 1 aliphatic carbocycles. The second-order valence-corrected chi connectivity index (χ2v) is 4.27. The lowest BCUT2D eigenvalue weighted by atomic mass is 9.79. The van der Waals surface area contributed by atoms with Gasteiger partial charge in [-0.25, -0.2) is 4.79 Å².